The summed E-state index contributed by atoms with van der Waals surface area (Å²) in [6, 6.07) is 10.1. The number of nitrogens with zero attached hydrogens (tertiary/aromatic N) is 2. The van der Waals surface area contributed by atoms with Gasteiger partial charge in [0.1, 0.15) is 5.76 Å². The third kappa shape index (κ3) is 5.22. The van der Waals surface area contributed by atoms with Crippen LogP contribution in [0.5, 0.6) is 0 Å². The largest absolute Gasteiger partial charge is 0.441 e. The predicted octanol–water partition coefficient (Wildman–Crippen LogP) is 3.64. The number of rotatable bonds is 6. The summed E-state index contributed by atoms with van der Waals surface area (Å²) < 4.78 is 5.77. The lowest BCUT2D eigenvalue weighted by molar-refractivity contribution is -0.132. The Kier molecular flexibility index (Phi) is 9.13. The SMILES string of the molecule is CCCN(C(=O)Cc1nc(-c2ccccc2)oc1C)C1CCNC1.Cl.Cl. The number of carbonyl (C=O) groups excluding carboxylic acids is 1. The fourth-order valence-corrected chi connectivity index (χ4v) is 3.20. The lowest BCUT2D eigenvalue weighted by atomic mass is 10.1. The molecule has 144 valence electrons. The highest BCUT2D eigenvalue weighted by Gasteiger charge is 2.27. The molecule has 1 saturated heterocycles. The first-order valence-corrected chi connectivity index (χ1v) is 8.71. The quantitative estimate of drug-likeness (QED) is 0.805. The second kappa shape index (κ2) is 10.6. The van der Waals surface area contributed by atoms with Gasteiger partial charge >= 0.3 is 0 Å². The van der Waals surface area contributed by atoms with Crippen LogP contribution < -0.4 is 5.32 Å². The van der Waals surface area contributed by atoms with E-state index in [9.17, 15) is 4.79 Å². The summed E-state index contributed by atoms with van der Waals surface area (Å²) in [6.45, 7) is 6.66. The molecule has 3 rings (SSSR count). The Morgan fingerprint density at radius 3 is 2.65 bits per heavy atom. The highest BCUT2D eigenvalue weighted by molar-refractivity contribution is 5.85. The fourth-order valence-electron chi connectivity index (χ4n) is 3.20. The number of amides is 1. The van der Waals surface area contributed by atoms with Gasteiger partial charge in [0, 0.05) is 24.7 Å². The molecule has 1 aliphatic rings. The van der Waals surface area contributed by atoms with Crippen LogP contribution in [0.4, 0.5) is 0 Å². The van der Waals surface area contributed by atoms with Gasteiger partial charge in [0.15, 0.2) is 0 Å². The second-order valence-electron chi connectivity index (χ2n) is 6.30. The molecule has 0 bridgehead atoms. The molecule has 1 unspecified atom stereocenters. The maximum atomic E-state index is 12.8. The van der Waals surface area contributed by atoms with E-state index in [-0.39, 0.29) is 30.7 Å². The Morgan fingerprint density at radius 1 is 1.31 bits per heavy atom. The Morgan fingerprint density at radius 2 is 2.04 bits per heavy atom. The molecule has 2 aromatic rings. The first-order chi connectivity index (χ1) is 11.7. The number of aryl methyl sites for hydroxylation is 1. The highest BCUT2D eigenvalue weighted by atomic mass is 35.5. The van der Waals surface area contributed by atoms with E-state index >= 15 is 0 Å². The summed E-state index contributed by atoms with van der Waals surface area (Å²) in [5, 5.41) is 3.34. The van der Waals surface area contributed by atoms with Crippen molar-refractivity contribution in [2.45, 2.75) is 39.2 Å². The van der Waals surface area contributed by atoms with E-state index in [1.807, 2.05) is 42.2 Å². The summed E-state index contributed by atoms with van der Waals surface area (Å²) in [6.07, 6.45) is 2.30. The molecule has 5 nitrogen and oxygen atoms in total. The van der Waals surface area contributed by atoms with Gasteiger partial charge in [-0.05, 0) is 38.4 Å². The smallest absolute Gasteiger partial charge is 0.229 e. The number of hydrogen-bond donors (Lipinski definition) is 1. The summed E-state index contributed by atoms with van der Waals surface area (Å²) in [4.78, 5) is 19.4. The van der Waals surface area contributed by atoms with Gasteiger partial charge in [0.05, 0.1) is 12.1 Å². The van der Waals surface area contributed by atoms with Crippen LogP contribution in [0.25, 0.3) is 11.5 Å². The van der Waals surface area contributed by atoms with Crippen LogP contribution >= 0.6 is 24.8 Å². The van der Waals surface area contributed by atoms with Crippen molar-refractivity contribution in [2.24, 2.45) is 0 Å². The predicted molar refractivity (Wildman–Crippen MR) is 108 cm³/mol. The van der Waals surface area contributed by atoms with Crippen molar-refractivity contribution < 1.29 is 9.21 Å². The van der Waals surface area contributed by atoms with Gasteiger partial charge < -0.3 is 14.6 Å². The van der Waals surface area contributed by atoms with E-state index in [1.54, 1.807) is 0 Å². The molecule has 1 N–H and O–H groups in total. The molecule has 0 radical (unpaired) electrons. The number of halogens is 2. The van der Waals surface area contributed by atoms with Gasteiger partial charge in [-0.15, -0.1) is 24.8 Å². The standard InChI is InChI=1S/C19H25N3O2.2ClH/c1-3-11-22(16-9-10-20-13-16)18(23)12-17-14(2)24-19(21-17)15-7-5-4-6-8-15;;/h4-8,16,20H,3,9-13H2,1-2H3;2*1H. The van der Waals surface area contributed by atoms with Gasteiger partial charge in [-0.3, -0.25) is 4.79 Å². The first kappa shape index (κ1) is 22.5. The van der Waals surface area contributed by atoms with Crippen LogP contribution in [0.1, 0.15) is 31.2 Å². The van der Waals surface area contributed by atoms with Crippen molar-refractivity contribution in [1.82, 2.24) is 15.2 Å². The van der Waals surface area contributed by atoms with Crippen molar-refractivity contribution in [3.8, 4) is 11.5 Å². The molecule has 0 spiro atoms. The minimum atomic E-state index is 0. The highest BCUT2D eigenvalue weighted by Crippen LogP contribution is 2.22. The maximum absolute atomic E-state index is 12.8. The Bertz CT molecular complexity index is 685. The molecule has 1 fully saturated rings. The van der Waals surface area contributed by atoms with E-state index in [4.69, 9.17) is 4.42 Å². The minimum absolute atomic E-state index is 0. The van der Waals surface area contributed by atoms with Crippen LogP contribution in [-0.4, -0.2) is 41.5 Å². The van der Waals surface area contributed by atoms with Crippen molar-refractivity contribution in [3.05, 3.63) is 41.8 Å². The summed E-state index contributed by atoms with van der Waals surface area (Å²) in [5.74, 6) is 1.45. The van der Waals surface area contributed by atoms with Gasteiger partial charge in [-0.2, -0.15) is 0 Å². The average molecular weight is 400 g/mol. The van der Waals surface area contributed by atoms with Gasteiger partial charge in [-0.25, -0.2) is 4.98 Å². The van der Waals surface area contributed by atoms with E-state index in [2.05, 4.69) is 17.2 Å². The summed E-state index contributed by atoms with van der Waals surface area (Å²) in [5.41, 5.74) is 1.68. The van der Waals surface area contributed by atoms with Crippen molar-refractivity contribution >= 4 is 30.7 Å². The average Bonchev–Trinajstić information content (AvgIpc) is 3.24. The van der Waals surface area contributed by atoms with E-state index in [1.165, 1.54) is 0 Å². The number of nitrogens with one attached hydrogen (secondary N) is 1. The van der Waals surface area contributed by atoms with E-state index in [0.717, 1.165) is 49.5 Å². The topological polar surface area (TPSA) is 58.4 Å². The lowest BCUT2D eigenvalue weighted by Gasteiger charge is -2.28. The number of benzene rings is 1. The number of oxazole rings is 1. The van der Waals surface area contributed by atoms with Crippen LogP contribution in [0.3, 0.4) is 0 Å². The van der Waals surface area contributed by atoms with Crippen LogP contribution in [0.15, 0.2) is 34.7 Å². The molecular formula is C19H27Cl2N3O2. The Labute approximate surface area is 167 Å². The summed E-state index contributed by atoms with van der Waals surface area (Å²) >= 11 is 0. The van der Waals surface area contributed by atoms with Gasteiger partial charge in [0.25, 0.3) is 0 Å². The molecule has 1 aromatic heterocycles. The Balaban J connectivity index is 0.00000169. The Hall–Kier alpha value is -1.56. The third-order valence-electron chi connectivity index (χ3n) is 4.49. The van der Waals surface area contributed by atoms with Crippen LogP contribution in [0, 0.1) is 6.92 Å². The van der Waals surface area contributed by atoms with Crippen LogP contribution in [0.2, 0.25) is 0 Å². The maximum Gasteiger partial charge on any atom is 0.229 e. The van der Waals surface area contributed by atoms with Crippen molar-refractivity contribution in [2.75, 3.05) is 19.6 Å². The molecule has 0 aliphatic carbocycles. The molecule has 1 atom stereocenters. The normalized spacial score (nSPS) is 15.8. The fraction of sp³-hybridized carbons (Fsp3) is 0.474. The van der Waals surface area contributed by atoms with Gasteiger partial charge in [-0.1, -0.05) is 25.1 Å². The van der Waals surface area contributed by atoms with Crippen LogP contribution in [-0.2, 0) is 11.2 Å². The molecule has 1 aliphatic heterocycles. The number of hydrogen-bond acceptors (Lipinski definition) is 4. The zero-order valence-corrected chi connectivity index (χ0v) is 16.9. The zero-order valence-electron chi connectivity index (χ0n) is 15.2. The minimum Gasteiger partial charge on any atom is -0.441 e. The first-order valence-electron chi connectivity index (χ1n) is 8.71. The third-order valence-corrected chi connectivity index (χ3v) is 4.49. The molecule has 1 amide bonds. The molecule has 1 aromatic carbocycles. The molecule has 2 heterocycles. The molecular weight excluding hydrogens is 373 g/mol. The van der Waals surface area contributed by atoms with Gasteiger partial charge in [0.2, 0.25) is 11.8 Å². The summed E-state index contributed by atoms with van der Waals surface area (Å²) in [7, 11) is 0. The van der Waals surface area contributed by atoms with Crippen molar-refractivity contribution in [3.63, 3.8) is 0 Å². The molecule has 26 heavy (non-hydrogen) atoms. The number of aromatic nitrogens is 1. The molecule has 0 saturated carbocycles. The second-order valence-corrected chi connectivity index (χ2v) is 6.30. The number of carbonyl (C=O) groups is 1. The van der Waals surface area contributed by atoms with Crippen molar-refractivity contribution in [1.29, 1.82) is 0 Å². The lowest BCUT2D eigenvalue weighted by Crippen LogP contribution is -2.43. The van der Waals surface area contributed by atoms with E-state index < -0.39 is 0 Å². The molecule has 7 heteroatoms. The van der Waals surface area contributed by atoms with E-state index in [0.29, 0.717) is 18.4 Å². The zero-order chi connectivity index (χ0) is 16.9. The monoisotopic (exact) mass is 399 g/mol.